The fourth-order valence-electron chi connectivity index (χ4n) is 1.82. The molecule has 1 rings (SSSR count). The standard InChI is InChI=1S/C8H17NO3S.CHF3O3S/c1-9-5-4-8(7-9)3-2-6-13(10,11)12;2-1(3,4)8(5,6)7/h8H,2-7H2,1H3,(H,10,11,12);(H,5,6,7). The summed E-state index contributed by atoms with van der Waals surface area (Å²) in [7, 11) is -7.51. The van der Waals surface area contributed by atoms with Gasteiger partial charge < -0.3 is 4.90 Å². The summed E-state index contributed by atoms with van der Waals surface area (Å²) < 4.78 is 86.9. The Morgan fingerprint density at radius 1 is 1.19 bits per heavy atom. The van der Waals surface area contributed by atoms with Gasteiger partial charge in [0.1, 0.15) is 0 Å². The molecule has 1 atom stereocenters. The maximum atomic E-state index is 10.7. The normalized spacial score (nSPS) is 21.0. The van der Waals surface area contributed by atoms with Gasteiger partial charge in [0.05, 0.1) is 5.75 Å². The summed E-state index contributed by atoms with van der Waals surface area (Å²) in [6, 6.07) is 0. The average Bonchev–Trinajstić information content (AvgIpc) is 2.60. The molecule has 12 heteroatoms. The largest absolute Gasteiger partial charge is 0.522 e. The molecule has 2 N–H and O–H groups in total. The van der Waals surface area contributed by atoms with Gasteiger partial charge in [-0.2, -0.15) is 30.0 Å². The smallest absolute Gasteiger partial charge is 0.306 e. The molecule has 0 spiro atoms. The summed E-state index contributed by atoms with van der Waals surface area (Å²) in [6.07, 6.45) is 2.64. The molecule has 0 aromatic carbocycles. The molecule has 21 heavy (non-hydrogen) atoms. The third-order valence-corrected chi connectivity index (χ3v) is 4.19. The minimum atomic E-state index is -5.84. The van der Waals surface area contributed by atoms with Crippen molar-refractivity contribution >= 4 is 20.2 Å². The maximum absolute atomic E-state index is 10.7. The van der Waals surface area contributed by atoms with E-state index >= 15 is 0 Å². The van der Waals surface area contributed by atoms with Crippen molar-refractivity contribution in [1.29, 1.82) is 0 Å². The van der Waals surface area contributed by atoms with Gasteiger partial charge in [0.15, 0.2) is 0 Å². The molecule has 0 saturated carbocycles. The first-order chi connectivity index (χ1) is 9.22. The SMILES string of the molecule is CN1CCC(CCCS(=O)(=O)O)C1.O=S(=O)(O)C(F)(F)F. The van der Waals surface area contributed by atoms with Gasteiger partial charge in [-0.05, 0) is 38.8 Å². The highest BCUT2D eigenvalue weighted by Gasteiger charge is 2.44. The van der Waals surface area contributed by atoms with E-state index in [4.69, 9.17) is 17.5 Å². The Morgan fingerprint density at radius 2 is 1.67 bits per heavy atom. The van der Waals surface area contributed by atoms with Crippen molar-refractivity contribution in [1.82, 2.24) is 4.90 Å². The van der Waals surface area contributed by atoms with E-state index in [0.29, 0.717) is 12.3 Å². The van der Waals surface area contributed by atoms with Crippen molar-refractivity contribution < 1.29 is 39.1 Å². The van der Waals surface area contributed by atoms with Gasteiger partial charge in [0, 0.05) is 6.54 Å². The van der Waals surface area contributed by atoms with Crippen molar-refractivity contribution in [3.8, 4) is 0 Å². The molecule has 128 valence electrons. The number of alkyl halides is 3. The van der Waals surface area contributed by atoms with Crippen LogP contribution in [0.25, 0.3) is 0 Å². The molecule has 0 aromatic heterocycles. The first-order valence-corrected chi connectivity index (χ1v) is 8.95. The van der Waals surface area contributed by atoms with Crippen molar-refractivity contribution in [3.63, 3.8) is 0 Å². The van der Waals surface area contributed by atoms with Crippen LogP contribution in [-0.2, 0) is 20.2 Å². The van der Waals surface area contributed by atoms with Gasteiger partial charge in [-0.3, -0.25) is 9.11 Å². The van der Waals surface area contributed by atoms with E-state index in [9.17, 15) is 21.6 Å². The molecule has 0 radical (unpaired) electrons. The molecule has 1 aliphatic rings. The molecule has 1 saturated heterocycles. The average molecular weight is 357 g/mol. The quantitative estimate of drug-likeness (QED) is 0.570. The van der Waals surface area contributed by atoms with E-state index in [1.807, 2.05) is 0 Å². The van der Waals surface area contributed by atoms with E-state index in [0.717, 1.165) is 25.9 Å². The van der Waals surface area contributed by atoms with Gasteiger partial charge >= 0.3 is 15.6 Å². The molecule has 0 aromatic rings. The van der Waals surface area contributed by atoms with E-state index < -0.39 is 25.7 Å². The van der Waals surface area contributed by atoms with Gasteiger partial charge in [-0.1, -0.05) is 0 Å². The van der Waals surface area contributed by atoms with Crippen LogP contribution in [0.1, 0.15) is 19.3 Å². The number of hydrogen-bond acceptors (Lipinski definition) is 5. The second kappa shape index (κ2) is 7.72. The zero-order chi connectivity index (χ0) is 16.9. The van der Waals surface area contributed by atoms with Crippen LogP contribution >= 0.6 is 0 Å². The highest BCUT2D eigenvalue weighted by molar-refractivity contribution is 7.86. The molecule has 1 fully saturated rings. The van der Waals surface area contributed by atoms with Crippen LogP contribution in [0.5, 0.6) is 0 Å². The van der Waals surface area contributed by atoms with Crippen LogP contribution < -0.4 is 0 Å². The lowest BCUT2D eigenvalue weighted by atomic mass is 10.0. The van der Waals surface area contributed by atoms with Crippen LogP contribution in [0.2, 0.25) is 0 Å². The van der Waals surface area contributed by atoms with Gasteiger partial charge in [0.25, 0.3) is 10.1 Å². The molecule has 1 heterocycles. The fourth-order valence-corrected chi connectivity index (χ4v) is 2.35. The molecule has 7 nitrogen and oxygen atoms in total. The highest BCUT2D eigenvalue weighted by Crippen LogP contribution is 2.20. The lowest BCUT2D eigenvalue weighted by molar-refractivity contribution is -0.0510. The predicted molar refractivity (Wildman–Crippen MR) is 68.9 cm³/mol. The van der Waals surface area contributed by atoms with E-state index in [1.54, 1.807) is 0 Å². The summed E-state index contributed by atoms with van der Waals surface area (Å²) in [5, 5.41) is 0. The topological polar surface area (TPSA) is 112 Å². The number of halogens is 3. The predicted octanol–water partition coefficient (Wildman–Crippen LogP) is 1.00. The van der Waals surface area contributed by atoms with Crippen molar-refractivity contribution in [3.05, 3.63) is 0 Å². The Hall–Kier alpha value is -0.430. The third kappa shape index (κ3) is 10.0. The molecule has 1 unspecified atom stereocenters. The summed E-state index contributed by atoms with van der Waals surface area (Å²) in [4.78, 5) is 2.25. The Balaban J connectivity index is 0.000000433. The zero-order valence-corrected chi connectivity index (χ0v) is 12.9. The first-order valence-electron chi connectivity index (χ1n) is 5.90. The zero-order valence-electron chi connectivity index (χ0n) is 11.2. The molecule has 0 bridgehead atoms. The van der Waals surface area contributed by atoms with Crippen molar-refractivity contribution in [2.45, 2.75) is 24.8 Å². The molecular formula is C9H18F3NO6S2. The molecule has 0 aliphatic carbocycles. The number of likely N-dealkylation sites (tertiary alicyclic amines) is 1. The summed E-state index contributed by atoms with van der Waals surface area (Å²) in [5.41, 5.74) is -5.53. The van der Waals surface area contributed by atoms with Crippen LogP contribution in [0.4, 0.5) is 13.2 Å². The first kappa shape index (κ1) is 20.6. The Kier molecular flexibility index (Phi) is 7.56. The van der Waals surface area contributed by atoms with Crippen LogP contribution in [0.3, 0.4) is 0 Å². The third-order valence-electron chi connectivity index (χ3n) is 2.80. The molecule has 0 amide bonds. The Morgan fingerprint density at radius 3 is 1.95 bits per heavy atom. The monoisotopic (exact) mass is 357 g/mol. The summed E-state index contributed by atoms with van der Waals surface area (Å²) in [5.74, 6) is 0.527. The van der Waals surface area contributed by atoms with Gasteiger partial charge in [-0.25, -0.2) is 0 Å². The summed E-state index contributed by atoms with van der Waals surface area (Å²) in [6.45, 7) is 2.17. The minimum Gasteiger partial charge on any atom is -0.306 e. The van der Waals surface area contributed by atoms with Gasteiger partial charge in [-0.15, -0.1) is 0 Å². The van der Waals surface area contributed by atoms with Crippen LogP contribution in [-0.4, -0.2) is 62.2 Å². The number of hydrogen-bond donors (Lipinski definition) is 2. The highest BCUT2D eigenvalue weighted by atomic mass is 32.2. The van der Waals surface area contributed by atoms with E-state index in [-0.39, 0.29) is 5.75 Å². The Labute approximate surface area is 121 Å². The van der Waals surface area contributed by atoms with Crippen molar-refractivity contribution in [2.75, 3.05) is 25.9 Å². The van der Waals surface area contributed by atoms with E-state index in [1.165, 1.54) is 0 Å². The van der Waals surface area contributed by atoms with Gasteiger partial charge in [0.2, 0.25) is 0 Å². The van der Waals surface area contributed by atoms with Crippen LogP contribution in [0.15, 0.2) is 0 Å². The molecular weight excluding hydrogens is 339 g/mol. The minimum absolute atomic E-state index is 0.0901. The maximum Gasteiger partial charge on any atom is 0.522 e. The fraction of sp³-hybridized carbons (Fsp3) is 1.00. The van der Waals surface area contributed by atoms with Crippen LogP contribution in [0, 0.1) is 5.92 Å². The lowest BCUT2D eigenvalue weighted by Crippen LogP contribution is -2.21. The lowest BCUT2D eigenvalue weighted by Gasteiger charge is -2.08. The van der Waals surface area contributed by atoms with E-state index in [2.05, 4.69) is 11.9 Å². The Bertz CT molecular complexity index is 516. The number of nitrogens with zero attached hydrogens (tertiary/aromatic N) is 1. The van der Waals surface area contributed by atoms with Crippen molar-refractivity contribution in [2.24, 2.45) is 5.92 Å². The second-order valence-electron chi connectivity index (χ2n) is 4.77. The summed E-state index contributed by atoms with van der Waals surface area (Å²) >= 11 is 0. The second-order valence-corrected chi connectivity index (χ2v) is 7.75. The molecule has 1 aliphatic heterocycles. The number of rotatable bonds is 4.